The number of nitrogens with one attached hydrogen (secondary N) is 2. The standard InChI is InChI=1S/C12H25N3O/c1-13-9-11(16)14-10-12(15(2)3)7-5-4-6-8-12/h13H,4-10H2,1-3H3,(H,14,16). The summed E-state index contributed by atoms with van der Waals surface area (Å²) in [6, 6.07) is 0. The van der Waals surface area contributed by atoms with Crippen molar-refractivity contribution in [2.45, 2.75) is 37.6 Å². The van der Waals surface area contributed by atoms with Gasteiger partial charge in [0.25, 0.3) is 0 Å². The summed E-state index contributed by atoms with van der Waals surface area (Å²) < 4.78 is 0. The van der Waals surface area contributed by atoms with E-state index in [9.17, 15) is 4.79 Å². The Hall–Kier alpha value is -0.610. The highest BCUT2D eigenvalue weighted by atomic mass is 16.1. The van der Waals surface area contributed by atoms with Gasteiger partial charge in [-0.3, -0.25) is 4.79 Å². The largest absolute Gasteiger partial charge is 0.353 e. The van der Waals surface area contributed by atoms with Crippen molar-refractivity contribution in [2.75, 3.05) is 34.2 Å². The second-order valence-electron chi connectivity index (χ2n) is 4.99. The molecule has 2 N–H and O–H groups in total. The summed E-state index contributed by atoms with van der Waals surface area (Å²) in [5.41, 5.74) is 0.182. The zero-order chi connectivity index (χ0) is 12.0. The molecule has 1 aliphatic carbocycles. The van der Waals surface area contributed by atoms with Crippen LogP contribution in [-0.4, -0.2) is 50.6 Å². The van der Waals surface area contributed by atoms with Gasteiger partial charge in [0.1, 0.15) is 0 Å². The molecular weight excluding hydrogens is 202 g/mol. The average Bonchev–Trinajstić information content (AvgIpc) is 2.28. The molecule has 0 aromatic heterocycles. The summed E-state index contributed by atoms with van der Waals surface area (Å²) in [4.78, 5) is 13.7. The zero-order valence-corrected chi connectivity index (χ0v) is 10.8. The molecule has 0 bridgehead atoms. The van der Waals surface area contributed by atoms with Gasteiger partial charge in [-0.15, -0.1) is 0 Å². The maximum absolute atomic E-state index is 11.5. The first-order valence-corrected chi connectivity index (χ1v) is 6.19. The quantitative estimate of drug-likeness (QED) is 0.722. The molecule has 1 amide bonds. The predicted molar refractivity (Wildman–Crippen MR) is 66.4 cm³/mol. The summed E-state index contributed by atoms with van der Waals surface area (Å²) in [5, 5.41) is 5.90. The van der Waals surface area contributed by atoms with Crippen LogP contribution in [-0.2, 0) is 4.79 Å². The van der Waals surface area contributed by atoms with Gasteiger partial charge in [0.05, 0.1) is 6.54 Å². The van der Waals surface area contributed by atoms with Crippen molar-refractivity contribution in [2.24, 2.45) is 0 Å². The fourth-order valence-electron chi connectivity index (χ4n) is 2.48. The molecule has 0 aliphatic heterocycles. The Kier molecular flexibility index (Phi) is 5.22. The molecule has 0 atom stereocenters. The van der Waals surface area contributed by atoms with Crippen LogP contribution in [0.15, 0.2) is 0 Å². The summed E-state index contributed by atoms with van der Waals surface area (Å²) in [5.74, 6) is 0.0919. The highest BCUT2D eigenvalue weighted by molar-refractivity contribution is 5.78. The minimum Gasteiger partial charge on any atom is -0.353 e. The molecule has 0 heterocycles. The van der Waals surface area contributed by atoms with Crippen molar-refractivity contribution in [3.8, 4) is 0 Å². The van der Waals surface area contributed by atoms with Crippen molar-refractivity contribution < 1.29 is 4.79 Å². The van der Waals surface area contributed by atoms with Crippen LogP contribution in [0.1, 0.15) is 32.1 Å². The smallest absolute Gasteiger partial charge is 0.234 e. The Bertz CT molecular complexity index is 222. The molecule has 0 aromatic carbocycles. The summed E-state index contributed by atoms with van der Waals surface area (Å²) in [6.45, 7) is 1.18. The van der Waals surface area contributed by atoms with Crippen LogP contribution in [0.25, 0.3) is 0 Å². The average molecular weight is 227 g/mol. The number of carbonyl (C=O) groups excluding carboxylic acids is 1. The Morgan fingerprint density at radius 2 is 1.88 bits per heavy atom. The Labute approximate surface area is 98.8 Å². The van der Waals surface area contributed by atoms with Gasteiger partial charge in [0.15, 0.2) is 0 Å². The van der Waals surface area contributed by atoms with Crippen molar-refractivity contribution in [3.05, 3.63) is 0 Å². The zero-order valence-electron chi connectivity index (χ0n) is 10.8. The van der Waals surface area contributed by atoms with Crippen LogP contribution in [0.4, 0.5) is 0 Å². The Morgan fingerprint density at radius 3 is 2.38 bits per heavy atom. The first-order valence-electron chi connectivity index (χ1n) is 6.19. The highest BCUT2D eigenvalue weighted by Gasteiger charge is 2.34. The van der Waals surface area contributed by atoms with Crippen LogP contribution in [0.5, 0.6) is 0 Å². The molecule has 1 rings (SSSR count). The molecule has 1 aliphatic rings. The van der Waals surface area contributed by atoms with E-state index in [0.717, 1.165) is 6.54 Å². The molecule has 4 heteroatoms. The molecule has 0 spiro atoms. The lowest BCUT2D eigenvalue weighted by atomic mass is 9.80. The van der Waals surface area contributed by atoms with Crippen molar-refractivity contribution in [3.63, 3.8) is 0 Å². The van der Waals surface area contributed by atoms with Gasteiger partial charge in [-0.1, -0.05) is 19.3 Å². The second-order valence-corrected chi connectivity index (χ2v) is 4.99. The van der Waals surface area contributed by atoms with E-state index in [4.69, 9.17) is 0 Å². The van der Waals surface area contributed by atoms with E-state index in [1.807, 2.05) is 0 Å². The molecule has 0 aromatic rings. The van der Waals surface area contributed by atoms with Crippen LogP contribution in [0, 0.1) is 0 Å². The number of hydrogen-bond donors (Lipinski definition) is 2. The van der Waals surface area contributed by atoms with E-state index in [2.05, 4.69) is 29.6 Å². The Morgan fingerprint density at radius 1 is 1.25 bits per heavy atom. The topological polar surface area (TPSA) is 44.4 Å². The maximum atomic E-state index is 11.5. The van der Waals surface area contributed by atoms with Crippen LogP contribution >= 0.6 is 0 Å². The third-order valence-electron chi connectivity index (χ3n) is 3.68. The number of rotatable bonds is 5. The lowest BCUT2D eigenvalue weighted by Gasteiger charge is -2.43. The van der Waals surface area contributed by atoms with E-state index in [1.165, 1.54) is 32.1 Å². The first-order chi connectivity index (χ1) is 7.60. The predicted octanol–water partition coefficient (Wildman–Crippen LogP) is 0.587. The van der Waals surface area contributed by atoms with Gasteiger partial charge >= 0.3 is 0 Å². The normalized spacial score (nSPS) is 19.8. The van der Waals surface area contributed by atoms with Crippen molar-refractivity contribution in [1.29, 1.82) is 0 Å². The molecule has 0 saturated heterocycles. The highest BCUT2D eigenvalue weighted by Crippen LogP contribution is 2.31. The lowest BCUT2D eigenvalue weighted by molar-refractivity contribution is -0.120. The number of carbonyl (C=O) groups is 1. The number of hydrogen-bond acceptors (Lipinski definition) is 3. The third kappa shape index (κ3) is 3.46. The van der Waals surface area contributed by atoms with Gasteiger partial charge < -0.3 is 15.5 Å². The van der Waals surface area contributed by atoms with E-state index < -0.39 is 0 Å². The fourth-order valence-corrected chi connectivity index (χ4v) is 2.48. The summed E-state index contributed by atoms with van der Waals surface area (Å²) in [6.07, 6.45) is 6.28. The Balaban J connectivity index is 2.47. The molecule has 4 nitrogen and oxygen atoms in total. The van der Waals surface area contributed by atoms with Gasteiger partial charge in [-0.25, -0.2) is 0 Å². The van der Waals surface area contributed by atoms with Crippen molar-refractivity contribution >= 4 is 5.91 Å². The molecule has 0 unspecified atom stereocenters. The molecular formula is C12H25N3O. The number of amides is 1. The molecule has 1 fully saturated rings. The van der Waals surface area contributed by atoms with Crippen LogP contribution in [0.2, 0.25) is 0 Å². The summed E-state index contributed by atoms with van der Waals surface area (Å²) >= 11 is 0. The van der Waals surface area contributed by atoms with E-state index >= 15 is 0 Å². The second kappa shape index (κ2) is 6.21. The van der Waals surface area contributed by atoms with E-state index in [0.29, 0.717) is 6.54 Å². The van der Waals surface area contributed by atoms with Crippen LogP contribution in [0.3, 0.4) is 0 Å². The van der Waals surface area contributed by atoms with Gasteiger partial charge in [-0.05, 0) is 34.0 Å². The molecule has 94 valence electrons. The van der Waals surface area contributed by atoms with E-state index in [1.54, 1.807) is 7.05 Å². The number of nitrogens with zero attached hydrogens (tertiary/aromatic N) is 1. The molecule has 1 saturated carbocycles. The fraction of sp³-hybridized carbons (Fsp3) is 0.917. The van der Waals surface area contributed by atoms with Gasteiger partial charge in [0, 0.05) is 12.1 Å². The minimum atomic E-state index is 0.0919. The first kappa shape index (κ1) is 13.5. The number of likely N-dealkylation sites (N-methyl/N-ethyl adjacent to an activating group) is 2. The molecule has 0 radical (unpaired) electrons. The van der Waals surface area contributed by atoms with E-state index in [-0.39, 0.29) is 11.4 Å². The maximum Gasteiger partial charge on any atom is 0.234 e. The van der Waals surface area contributed by atoms with Gasteiger partial charge in [0.2, 0.25) is 5.91 Å². The van der Waals surface area contributed by atoms with Gasteiger partial charge in [-0.2, -0.15) is 0 Å². The SMILES string of the molecule is CNCC(=O)NCC1(N(C)C)CCCCC1. The molecule has 16 heavy (non-hydrogen) atoms. The van der Waals surface area contributed by atoms with Crippen LogP contribution < -0.4 is 10.6 Å². The monoisotopic (exact) mass is 227 g/mol. The lowest BCUT2D eigenvalue weighted by Crippen LogP contribution is -2.54. The summed E-state index contributed by atoms with van der Waals surface area (Å²) in [7, 11) is 6.03. The van der Waals surface area contributed by atoms with Crippen molar-refractivity contribution in [1.82, 2.24) is 15.5 Å². The minimum absolute atomic E-state index is 0.0919. The third-order valence-corrected chi connectivity index (χ3v) is 3.68.